The Labute approximate surface area is 212 Å². The zero-order valence-electron chi connectivity index (χ0n) is 22.1. The van der Waals surface area contributed by atoms with Crippen molar-refractivity contribution >= 4 is 24.7 Å². The van der Waals surface area contributed by atoms with Gasteiger partial charge in [0.25, 0.3) is 5.91 Å². The van der Waals surface area contributed by atoms with Crippen LogP contribution in [0.3, 0.4) is 0 Å². The minimum Gasteiger partial charge on any atom is -0.460 e. The Morgan fingerprint density at radius 2 is 1.83 bits per heavy atom. The average molecular weight is 509 g/mol. The van der Waals surface area contributed by atoms with E-state index in [1.54, 1.807) is 13.0 Å². The zero-order chi connectivity index (χ0) is 27.3. The molecule has 200 valence electrons. The molecule has 1 N–H and O–H groups in total. The summed E-state index contributed by atoms with van der Waals surface area (Å²) in [6.45, 7) is 16.6. The third-order valence-electron chi connectivity index (χ3n) is 6.36. The lowest BCUT2D eigenvalue weighted by atomic mass is 9.97. The van der Waals surface area contributed by atoms with Crippen LogP contribution >= 0.6 is 0 Å². The number of benzene rings is 1. The molecule has 1 saturated carbocycles. The van der Waals surface area contributed by atoms with E-state index >= 15 is 0 Å². The van der Waals surface area contributed by atoms with Gasteiger partial charge >= 0.3 is 12.1 Å². The maximum Gasteiger partial charge on any atom is 0.405 e. The SMILES string of the molecule is C=C(C)N(C=c1c(C)c(C(=O)NCC(F)(F)F)ccc1=C)CC1CCCC(C(=O)OC(C)(C)C)CC1. The molecule has 1 amide bonds. The first-order chi connectivity index (χ1) is 16.6. The number of halogens is 3. The summed E-state index contributed by atoms with van der Waals surface area (Å²) >= 11 is 0. The summed E-state index contributed by atoms with van der Waals surface area (Å²) in [6.07, 6.45) is 1.72. The number of nitrogens with one attached hydrogen (secondary N) is 1. The molecule has 0 aliphatic heterocycles. The standard InChI is InChI=1S/C28H39F3N2O3/c1-18(2)33(15-21-9-8-10-22(13-12-21)26(35)36-27(5,6)7)16-24-19(3)11-14-23(20(24)4)25(34)32-17-28(29,30)31/h11,14,16,21-22H,1,3,8-10,12-13,15,17H2,2,4-7H3,(H,32,34). The molecule has 1 aliphatic carbocycles. The van der Waals surface area contributed by atoms with Gasteiger partial charge in [0.1, 0.15) is 12.1 Å². The van der Waals surface area contributed by atoms with Crippen LogP contribution in [0.15, 0.2) is 24.4 Å². The van der Waals surface area contributed by atoms with Crippen LogP contribution in [0.25, 0.3) is 12.8 Å². The number of rotatable bonds is 7. The largest absolute Gasteiger partial charge is 0.460 e. The summed E-state index contributed by atoms with van der Waals surface area (Å²) in [5, 5.41) is 3.28. The molecule has 2 atom stereocenters. The molecule has 8 heteroatoms. The molecule has 0 spiro atoms. The Kier molecular flexibility index (Phi) is 9.80. The van der Waals surface area contributed by atoms with Gasteiger partial charge in [0.05, 0.1) is 5.92 Å². The van der Waals surface area contributed by atoms with Crippen LogP contribution < -0.4 is 15.8 Å². The number of carbonyl (C=O) groups excluding carboxylic acids is 2. The van der Waals surface area contributed by atoms with Gasteiger partial charge in [0.2, 0.25) is 0 Å². The van der Waals surface area contributed by atoms with E-state index in [4.69, 9.17) is 4.74 Å². The van der Waals surface area contributed by atoms with E-state index in [-0.39, 0.29) is 17.5 Å². The number of carbonyl (C=O) groups is 2. The molecule has 1 aliphatic rings. The van der Waals surface area contributed by atoms with Gasteiger partial charge in [-0.2, -0.15) is 13.2 Å². The molecule has 0 bridgehead atoms. The molecule has 0 aromatic heterocycles. The summed E-state index contributed by atoms with van der Waals surface area (Å²) < 4.78 is 43.3. The number of esters is 1. The highest BCUT2D eigenvalue weighted by Gasteiger charge is 2.29. The van der Waals surface area contributed by atoms with E-state index in [1.165, 1.54) is 6.07 Å². The minimum atomic E-state index is -4.48. The van der Waals surface area contributed by atoms with Crippen LogP contribution in [0.1, 0.15) is 75.7 Å². The van der Waals surface area contributed by atoms with Crippen molar-refractivity contribution in [3.63, 3.8) is 0 Å². The topological polar surface area (TPSA) is 58.6 Å². The summed E-state index contributed by atoms with van der Waals surface area (Å²) in [4.78, 5) is 27.0. The van der Waals surface area contributed by atoms with E-state index in [1.807, 2.05) is 44.1 Å². The fraction of sp³-hybridized carbons (Fsp3) is 0.571. The molecule has 1 aromatic carbocycles. The van der Waals surface area contributed by atoms with Crippen LogP contribution in [0.4, 0.5) is 13.2 Å². The van der Waals surface area contributed by atoms with E-state index in [9.17, 15) is 22.8 Å². The Hall–Kier alpha value is -2.77. The van der Waals surface area contributed by atoms with Crippen LogP contribution in [0, 0.1) is 18.8 Å². The number of amides is 1. The first-order valence-electron chi connectivity index (χ1n) is 12.4. The molecule has 36 heavy (non-hydrogen) atoms. The molecule has 2 unspecified atom stereocenters. The van der Waals surface area contributed by atoms with Crippen molar-refractivity contribution in [2.45, 2.75) is 78.5 Å². The van der Waals surface area contributed by atoms with Crippen molar-refractivity contribution < 1.29 is 27.5 Å². The van der Waals surface area contributed by atoms with E-state index in [0.29, 0.717) is 28.5 Å². The molecule has 1 aromatic rings. The van der Waals surface area contributed by atoms with Crippen LogP contribution in [0.5, 0.6) is 0 Å². The lowest BCUT2D eigenvalue weighted by Gasteiger charge is -2.26. The third kappa shape index (κ3) is 9.03. The number of ether oxygens (including phenoxy) is 1. The first kappa shape index (κ1) is 29.5. The first-order valence-corrected chi connectivity index (χ1v) is 12.4. The van der Waals surface area contributed by atoms with Crippen LogP contribution in [-0.4, -0.2) is 41.6 Å². The van der Waals surface area contributed by atoms with Crippen molar-refractivity contribution in [2.24, 2.45) is 11.8 Å². The lowest BCUT2D eigenvalue weighted by molar-refractivity contribution is -0.160. The van der Waals surface area contributed by atoms with Crippen molar-refractivity contribution in [2.75, 3.05) is 13.1 Å². The van der Waals surface area contributed by atoms with Crippen molar-refractivity contribution in [3.8, 4) is 0 Å². The molecule has 0 heterocycles. The van der Waals surface area contributed by atoms with Gasteiger partial charge < -0.3 is 15.0 Å². The van der Waals surface area contributed by atoms with Crippen molar-refractivity contribution in [3.05, 3.63) is 46.0 Å². The second-order valence-electron chi connectivity index (χ2n) is 10.7. The fourth-order valence-corrected chi connectivity index (χ4v) is 4.42. The van der Waals surface area contributed by atoms with Crippen molar-refractivity contribution in [1.82, 2.24) is 10.2 Å². The Morgan fingerprint density at radius 3 is 2.42 bits per heavy atom. The molecule has 1 fully saturated rings. The molecule has 2 rings (SSSR count). The second kappa shape index (κ2) is 12.0. The smallest absolute Gasteiger partial charge is 0.405 e. The Bertz CT molecular complexity index is 1070. The summed E-state index contributed by atoms with van der Waals surface area (Å²) in [5.41, 5.74) is 1.03. The predicted octanol–water partition coefficient (Wildman–Crippen LogP) is 4.81. The number of hydrogen-bond donors (Lipinski definition) is 1. The van der Waals surface area contributed by atoms with Gasteiger partial charge in [-0.3, -0.25) is 9.59 Å². The second-order valence-corrected chi connectivity index (χ2v) is 10.7. The highest BCUT2D eigenvalue weighted by molar-refractivity contribution is 5.95. The molecular formula is C28H39F3N2O3. The van der Waals surface area contributed by atoms with Gasteiger partial charge in [-0.15, -0.1) is 0 Å². The number of nitrogens with zero attached hydrogens (tertiary/aromatic N) is 1. The monoisotopic (exact) mass is 508 g/mol. The summed E-state index contributed by atoms with van der Waals surface area (Å²) in [6, 6.07) is 3.13. The molecule has 0 radical (unpaired) electrons. The third-order valence-corrected chi connectivity index (χ3v) is 6.36. The number of allylic oxidation sites excluding steroid dienone is 1. The van der Waals surface area contributed by atoms with Gasteiger partial charge in [-0.05, 0) is 83.1 Å². The Balaban J connectivity index is 2.21. The molecule has 5 nitrogen and oxygen atoms in total. The summed E-state index contributed by atoms with van der Waals surface area (Å²) in [5.74, 6) is -0.683. The van der Waals surface area contributed by atoms with E-state index in [0.717, 1.165) is 37.8 Å². The maximum absolute atomic E-state index is 12.6. The van der Waals surface area contributed by atoms with Crippen LogP contribution in [-0.2, 0) is 9.53 Å². The molecular weight excluding hydrogens is 469 g/mol. The highest BCUT2D eigenvalue weighted by Crippen LogP contribution is 2.30. The summed E-state index contributed by atoms with van der Waals surface area (Å²) in [7, 11) is 0. The van der Waals surface area contributed by atoms with E-state index in [2.05, 4.69) is 13.2 Å². The fourth-order valence-electron chi connectivity index (χ4n) is 4.42. The van der Waals surface area contributed by atoms with Crippen molar-refractivity contribution in [1.29, 1.82) is 0 Å². The van der Waals surface area contributed by atoms with Gasteiger partial charge in [-0.1, -0.05) is 25.6 Å². The normalized spacial score (nSPS) is 19.4. The van der Waals surface area contributed by atoms with Gasteiger partial charge in [0.15, 0.2) is 0 Å². The molecule has 0 saturated heterocycles. The maximum atomic E-state index is 12.6. The lowest BCUT2D eigenvalue weighted by Crippen LogP contribution is -2.37. The average Bonchev–Trinajstić information content (AvgIpc) is 2.98. The highest BCUT2D eigenvalue weighted by atomic mass is 19.4. The van der Waals surface area contributed by atoms with Gasteiger partial charge in [-0.25, -0.2) is 0 Å². The Morgan fingerprint density at radius 1 is 1.17 bits per heavy atom. The minimum absolute atomic E-state index is 0.0999. The van der Waals surface area contributed by atoms with Crippen LogP contribution in [0.2, 0.25) is 0 Å². The number of hydrogen-bond acceptors (Lipinski definition) is 4. The quantitative estimate of drug-likeness (QED) is 0.424. The van der Waals surface area contributed by atoms with Gasteiger partial charge in [0, 0.05) is 29.2 Å². The zero-order valence-corrected chi connectivity index (χ0v) is 22.1. The van der Waals surface area contributed by atoms with E-state index < -0.39 is 24.2 Å². The number of alkyl halides is 3. The predicted molar refractivity (Wildman–Crippen MR) is 136 cm³/mol.